The maximum Gasteiger partial charge on any atom is 0.415 e. The molecule has 0 aliphatic heterocycles. The van der Waals surface area contributed by atoms with E-state index in [1.807, 2.05) is 0 Å². The molecule has 0 aliphatic rings. The molecular formula is C18H39BF5N. The molecule has 0 fully saturated rings. The van der Waals surface area contributed by atoms with Gasteiger partial charge in [0.25, 0.3) is 0 Å². The molecule has 0 N–H and O–H groups in total. The van der Waals surface area contributed by atoms with Crippen LogP contribution in [0.25, 0.3) is 0 Å². The van der Waals surface area contributed by atoms with Gasteiger partial charge in [0.05, 0.1) is 26.2 Å². The summed E-state index contributed by atoms with van der Waals surface area (Å²) in [5, 5.41) is 0. The first-order valence-electron chi connectivity index (χ1n) is 9.29. The van der Waals surface area contributed by atoms with Gasteiger partial charge >= 0.3 is 6.18 Å². The van der Waals surface area contributed by atoms with Crippen molar-refractivity contribution < 1.29 is 26.4 Å². The fourth-order valence-electron chi connectivity index (χ4n) is 2.64. The van der Waals surface area contributed by atoms with Crippen molar-refractivity contribution >= 4 is 7.85 Å². The Morgan fingerprint density at radius 1 is 0.600 bits per heavy atom. The fraction of sp³-hybridized carbons (Fsp3) is 1.00. The monoisotopic (exact) mass is 375 g/mol. The molecule has 0 atom stereocenters. The minimum atomic E-state index is -5.28. The van der Waals surface area contributed by atoms with Crippen molar-refractivity contribution in [3.05, 3.63) is 0 Å². The van der Waals surface area contributed by atoms with E-state index in [1.54, 1.807) is 0 Å². The first-order valence-corrected chi connectivity index (χ1v) is 9.29. The van der Waals surface area contributed by atoms with Gasteiger partial charge in [-0.25, -0.2) is 8.78 Å². The van der Waals surface area contributed by atoms with Crippen LogP contribution in [0.3, 0.4) is 0 Å². The Kier molecular flexibility index (Phi) is 14.9. The standard InChI is InChI=1S/C16H36N.C2H3BF5/c1-5-9-13-17(14-10-6-2,15-11-7-3)16-12-8-4;3-1(4,5)2(6,7)8/h5-16H2,1-4H3;3H3/q+1;-1. The van der Waals surface area contributed by atoms with Crippen molar-refractivity contribution in [1.82, 2.24) is 0 Å². The summed E-state index contributed by atoms with van der Waals surface area (Å²) in [4.78, 5) is 0. The molecule has 0 aromatic carbocycles. The molecule has 25 heavy (non-hydrogen) atoms. The number of unbranched alkanes of at least 4 members (excludes halogenated alkanes) is 4. The Bertz CT molecular complexity index is 253. The maximum absolute atomic E-state index is 11.2. The smallest absolute Gasteiger partial charge is 0.324 e. The molecule has 0 amide bonds. The van der Waals surface area contributed by atoms with Crippen LogP contribution in [0.4, 0.5) is 22.0 Å². The number of hydrogen-bond donors (Lipinski definition) is 0. The molecule has 0 bridgehead atoms. The molecule has 0 aliphatic carbocycles. The summed E-state index contributed by atoms with van der Waals surface area (Å²) in [5.74, 6) is -4.31. The minimum Gasteiger partial charge on any atom is -0.324 e. The highest BCUT2D eigenvalue weighted by Crippen LogP contribution is 2.31. The van der Waals surface area contributed by atoms with Gasteiger partial charge in [-0.2, -0.15) is 13.2 Å². The van der Waals surface area contributed by atoms with E-state index in [2.05, 4.69) is 27.7 Å². The zero-order valence-electron chi connectivity index (χ0n) is 15.8. The van der Waals surface area contributed by atoms with E-state index in [1.165, 1.54) is 82.0 Å². The van der Waals surface area contributed by atoms with E-state index in [0.29, 0.717) is 0 Å². The second-order valence-electron chi connectivity index (χ2n) is 6.41. The number of rotatable bonds is 12. The Labute approximate surface area is 152 Å². The van der Waals surface area contributed by atoms with Crippen molar-refractivity contribution in [3.8, 4) is 0 Å². The highest BCUT2D eigenvalue weighted by atomic mass is 19.4. The van der Waals surface area contributed by atoms with Crippen LogP contribution in [0.15, 0.2) is 0 Å². The average Bonchev–Trinajstić information content (AvgIpc) is 2.52. The molecule has 0 heterocycles. The topological polar surface area (TPSA) is 0 Å². The summed E-state index contributed by atoms with van der Waals surface area (Å²) in [6, 6.07) is 0. The lowest BCUT2D eigenvalue weighted by Crippen LogP contribution is -2.50. The van der Waals surface area contributed by atoms with E-state index in [0.717, 1.165) is 0 Å². The Balaban J connectivity index is 0. The van der Waals surface area contributed by atoms with Gasteiger partial charge in [-0.15, -0.1) is 0 Å². The van der Waals surface area contributed by atoms with Gasteiger partial charge in [0.15, 0.2) is 0 Å². The van der Waals surface area contributed by atoms with Crippen molar-refractivity contribution in [2.45, 2.75) is 91.1 Å². The van der Waals surface area contributed by atoms with E-state index in [4.69, 9.17) is 0 Å². The van der Waals surface area contributed by atoms with Crippen LogP contribution in [0.1, 0.15) is 79.1 Å². The first-order chi connectivity index (χ1) is 11.5. The predicted molar refractivity (Wildman–Crippen MR) is 100 cm³/mol. The second-order valence-corrected chi connectivity index (χ2v) is 6.41. The largest absolute Gasteiger partial charge is 0.415 e. The molecule has 0 rings (SSSR count). The first kappa shape index (κ1) is 26.9. The van der Waals surface area contributed by atoms with Gasteiger partial charge in [-0.3, -0.25) is 0 Å². The van der Waals surface area contributed by atoms with Gasteiger partial charge in [0.1, 0.15) is 0 Å². The van der Waals surface area contributed by atoms with Crippen molar-refractivity contribution in [3.63, 3.8) is 0 Å². The van der Waals surface area contributed by atoms with Crippen molar-refractivity contribution in [2.24, 2.45) is 0 Å². The SMILES string of the molecule is CCCC[N+](CCCC)(CCCC)CCCC.[BH3-]C(F)(F)C(F)(F)F. The van der Waals surface area contributed by atoms with Crippen LogP contribution in [-0.2, 0) is 0 Å². The quantitative estimate of drug-likeness (QED) is 0.240. The number of hydrogen-bond acceptors (Lipinski definition) is 0. The van der Waals surface area contributed by atoms with Crippen LogP contribution in [0, 0.1) is 0 Å². The van der Waals surface area contributed by atoms with Crippen LogP contribution in [0.2, 0.25) is 0 Å². The van der Waals surface area contributed by atoms with Crippen LogP contribution < -0.4 is 0 Å². The Hall–Kier alpha value is -0.325. The van der Waals surface area contributed by atoms with Crippen LogP contribution >= 0.6 is 0 Å². The van der Waals surface area contributed by atoms with Gasteiger partial charge in [0.2, 0.25) is 5.82 Å². The molecule has 7 heteroatoms. The number of halogens is 5. The summed E-state index contributed by atoms with van der Waals surface area (Å²) in [6.07, 6.45) is 5.78. The lowest BCUT2D eigenvalue weighted by atomic mass is 9.99. The lowest BCUT2D eigenvalue weighted by molar-refractivity contribution is -0.929. The number of nitrogens with zero attached hydrogens (tertiary/aromatic N) is 1. The van der Waals surface area contributed by atoms with Crippen LogP contribution in [0.5, 0.6) is 0 Å². The fourth-order valence-corrected chi connectivity index (χ4v) is 2.64. The zero-order valence-corrected chi connectivity index (χ0v) is 15.8. The third-order valence-corrected chi connectivity index (χ3v) is 4.16. The second kappa shape index (κ2) is 13.8. The van der Waals surface area contributed by atoms with Crippen molar-refractivity contribution in [2.75, 3.05) is 26.2 Å². The van der Waals surface area contributed by atoms with Gasteiger partial charge < -0.3 is 4.48 Å². The molecule has 0 unspecified atom stereocenters. The van der Waals surface area contributed by atoms with Gasteiger partial charge in [-0.1, -0.05) is 53.4 Å². The molecule has 0 spiro atoms. The Morgan fingerprint density at radius 3 is 0.920 bits per heavy atom. The summed E-state index contributed by atoms with van der Waals surface area (Å²) in [5.41, 5.74) is 0. The highest BCUT2D eigenvalue weighted by molar-refractivity contribution is 6.13. The molecule has 1 nitrogen and oxygen atoms in total. The van der Waals surface area contributed by atoms with Gasteiger partial charge in [0, 0.05) is 7.85 Å². The molecule has 0 saturated heterocycles. The van der Waals surface area contributed by atoms with Crippen LogP contribution in [-0.4, -0.2) is 50.5 Å². The number of quaternary nitrogens is 1. The normalized spacial score (nSPS) is 12.7. The summed E-state index contributed by atoms with van der Waals surface area (Å²) in [6.45, 7) is 15.0. The van der Waals surface area contributed by atoms with E-state index in [-0.39, 0.29) is 0 Å². The summed E-state index contributed by atoms with van der Waals surface area (Å²) in [7, 11) is -1.96. The molecule has 0 aromatic rings. The molecule has 154 valence electrons. The summed E-state index contributed by atoms with van der Waals surface area (Å²) >= 11 is 0. The van der Waals surface area contributed by atoms with E-state index in [9.17, 15) is 22.0 Å². The summed E-state index contributed by atoms with van der Waals surface area (Å²) < 4.78 is 56.5. The van der Waals surface area contributed by atoms with Crippen molar-refractivity contribution in [1.29, 1.82) is 0 Å². The third kappa shape index (κ3) is 13.5. The maximum atomic E-state index is 11.2. The Morgan fingerprint density at radius 2 is 0.800 bits per heavy atom. The number of alkyl halides is 5. The third-order valence-electron chi connectivity index (χ3n) is 4.16. The zero-order chi connectivity index (χ0) is 20.0. The van der Waals surface area contributed by atoms with Gasteiger partial charge in [-0.05, 0) is 25.7 Å². The molecule has 0 radical (unpaired) electrons. The minimum absolute atomic E-state index is 1.35. The lowest BCUT2D eigenvalue weighted by Gasteiger charge is -2.39. The molecule has 0 aromatic heterocycles. The van der Waals surface area contributed by atoms with E-state index < -0.39 is 19.8 Å². The molecule has 0 saturated carbocycles. The molecular weight excluding hydrogens is 336 g/mol. The predicted octanol–water partition coefficient (Wildman–Crippen LogP) is 5.51. The average molecular weight is 375 g/mol. The van der Waals surface area contributed by atoms with E-state index >= 15 is 0 Å². The highest BCUT2D eigenvalue weighted by Gasteiger charge is 2.46.